The molecule has 0 saturated carbocycles. The standard InChI is InChI=1S/C7H16N3/c1-8-5-7-6-9-3-2-4-10-7/h7-8,10H,2-6H2,1H3. The van der Waals surface area contributed by atoms with Crippen LogP contribution in [0.5, 0.6) is 0 Å². The highest BCUT2D eigenvalue weighted by molar-refractivity contribution is 4.74. The summed E-state index contributed by atoms with van der Waals surface area (Å²) in [7, 11) is 1.98. The van der Waals surface area contributed by atoms with Crippen molar-refractivity contribution in [1.82, 2.24) is 16.0 Å². The molecule has 1 aliphatic heterocycles. The number of rotatable bonds is 2. The summed E-state index contributed by atoms with van der Waals surface area (Å²) in [5.74, 6) is 0. The predicted molar refractivity (Wildman–Crippen MR) is 42.2 cm³/mol. The maximum atomic E-state index is 4.37. The normalized spacial score (nSPS) is 27.9. The predicted octanol–water partition coefficient (Wildman–Crippen LogP) is -0.828. The Kier molecular flexibility index (Phi) is 3.72. The van der Waals surface area contributed by atoms with Crippen LogP contribution in [0.2, 0.25) is 0 Å². The molecule has 3 heteroatoms. The van der Waals surface area contributed by atoms with E-state index < -0.39 is 0 Å². The molecule has 1 saturated heterocycles. The Balaban J connectivity index is 2.15. The zero-order valence-corrected chi connectivity index (χ0v) is 6.56. The van der Waals surface area contributed by atoms with Crippen molar-refractivity contribution in [3.63, 3.8) is 0 Å². The molecule has 0 aromatic rings. The van der Waals surface area contributed by atoms with Crippen LogP contribution in [-0.2, 0) is 0 Å². The van der Waals surface area contributed by atoms with Crippen LogP contribution in [0.25, 0.3) is 0 Å². The fourth-order valence-corrected chi connectivity index (χ4v) is 1.19. The second-order valence-electron chi connectivity index (χ2n) is 2.69. The summed E-state index contributed by atoms with van der Waals surface area (Å²) in [6.45, 7) is 4.16. The van der Waals surface area contributed by atoms with Crippen molar-refractivity contribution in [2.45, 2.75) is 12.5 Å². The van der Waals surface area contributed by atoms with Gasteiger partial charge in [0, 0.05) is 25.7 Å². The number of nitrogens with zero attached hydrogens (tertiary/aromatic N) is 1. The van der Waals surface area contributed by atoms with Gasteiger partial charge in [-0.2, -0.15) is 0 Å². The molecule has 1 aliphatic rings. The van der Waals surface area contributed by atoms with E-state index in [0.717, 1.165) is 26.2 Å². The molecular weight excluding hydrogens is 126 g/mol. The van der Waals surface area contributed by atoms with Gasteiger partial charge < -0.3 is 10.6 Å². The van der Waals surface area contributed by atoms with Crippen LogP contribution in [0, 0.1) is 0 Å². The van der Waals surface area contributed by atoms with E-state index in [-0.39, 0.29) is 0 Å². The average Bonchev–Trinajstić information content (AvgIpc) is 2.17. The molecule has 59 valence electrons. The largest absolute Gasteiger partial charge is 0.318 e. The molecule has 1 fully saturated rings. The van der Waals surface area contributed by atoms with E-state index in [2.05, 4.69) is 16.0 Å². The van der Waals surface area contributed by atoms with Crippen molar-refractivity contribution in [2.24, 2.45) is 0 Å². The first-order valence-corrected chi connectivity index (χ1v) is 3.94. The van der Waals surface area contributed by atoms with Crippen molar-refractivity contribution >= 4 is 0 Å². The zero-order chi connectivity index (χ0) is 7.23. The Morgan fingerprint density at radius 3 is 3.40 bits per heavy atom. The SMILES string of the molecule is CNCC1C[N]CCCN1. The van der Waals surface area contributed by atoms with Crippen LogP contribution >= 0.6 is 0 Å². The van der Waals surface area contributed by atoms with Crippen molar-refractivity contribution in [3.8, 4) is 0 Å². The molecule has 0 aromatic heterocycles. The summed E-state index contributed by atoms with van der Waals surface area (Å²) in [5.41, 5.74) is 0. The highest BCUT2D eigenvalue weighted by atomic mass is 15.0. The van der Waals surface area contributed by atoms with Crippen LogP contribution in [0.4, 0.5) is 0 Å². The van der Waals surface area contributed by atoms with Gasteiger partial charge in [-0.25, -0.2) is 5.32 Å². The van der Waals surface area contributed by atoms with Gasteiger partial charge in [-0.05, 0) is 20.0 Å². The zero-order valence-electron chi connectivity index (χ0n) is 6.56. The van der Waals surface area contributed by atoms with Gasteiger partial charge in [0.1, 0.15) is 0 Å². The summed E-state index contributed by atoms with van der Waals surface area (Å²) in [6.07, 6.45) is 1.19. The number of hydrogen-bond acceptors (Lipinski definition) is 2. The van der Waals surface area contributed by atoms with Crippen LogP contribution in [0.1, 0.15) is 6.42 Å². The monoisotopic (exact) mass is 142 g/mol. The van der Waals surface area contributed by atoms with Crippen LogP contribution in [0.3, 0.4) is 0 Å². The molecule has 1 radical (unpaired) electrons. The van der Waals surface area contributed by atoms with E-state index in [9.17, 15) is 0 Å². The fourth-order valence-electron chi connectivity index (χ4n) is 1.19. The Bertz CT molecular complexity index is 76.9. The summed E-state index contributed by atoms with van der Waals surface area (Å²) < 4.78 is 0. The summed E-state index contributed by atoms with van der Waals surface area (Å²) >= 11 is 0. The molecule has 1 heterocycles. The Morgan fingerprint density at radius 1 is 1.70 bits per heavy atom. The highest BCUT2D eigenvalue weighted by Crippen LogP contribution is 1.88. The topological polar surface area (TPSA) is 38.2 Å². The van der Waals surface area contributed by atoms with Gasteiger partial charge in [0.25, 0.3) is 0 Å². The van der Waals surface area contributed by atoms with Crippen LogP contribution in [-0.4, -0.2) is 39.3 Å². The molecule has 1 unspecified atom stereocenters. The lowest BCUT2D eigenvalue weighted by molar-refractivity contribution is 0.501. The molecule has 10 heavy (non-hydrogen) atoms. The van der Waals surface area contributed by atoms with E-state index in [1.54, 1.807) is 0 Å². The fraction of sp³-hybridized carbons (Fsp3) is 1.00. The second-order valence-corrected chi connectivity index (χ2v) is 2.69. The van der Waals surface area contributed by atoms with Gasteiger partial charge in [-0.15, -0.1) is 0 Å². The van der Waals surface area contributed by atoms with Crippen molar-refractivity contribution in [3.05, 3.63) is 0 Å². The van der Waals surface area contributed by atoms with E-state index in [1.807, 2.05) is 7.05 Å². The van der Waals surface area contributed by atoms with Crippen LogP contribution in [0.15, 0.2) is 0 Å². The molecule has 3 nitrogen and oxygen atoms in total. The minimum absolute atomic E-state index is 0.562. The van der Waals surface area contributed by atoms with Gasteiger partial charge in [-0.1, -0.05) is 0 Å². The molecule has 0 aliphatic carbocycles. The minimum atomic E-state index is 0.562. The minimum Gasteiger partial charge on any atom is -0.318 e. The van der Waals surface area contributed by atoms with Crippen LogP contribution < -0.4 is 16.0 Å². The van der Waals surface area contributed by atoms with E-state index >= 15 is 0 Å². The van der Waals surface area contributed by atoms with E-state index in [4.69, 9.17) is 0 Å². The quantitative estimate of drug-likeness (QED) is 0.528. The molecular formula is C7H16N3. The second kappa shape index (κ2) is 4.66. The lowest BCUT2D eigenvalue weighted by Gasteiger charge is -2.13. The van der Waals surface area contributed by atoms with Crippen molar-refractivity contribution < 1.29 is 0 Å². The Hall–Kier alpha value is -0.120. The smallest absolute Gasteiger partial charge is 0.0334 e. The highest BCUT2D eigenvalue weighted by Gasteiger charge is 2.09. The molecule has 0 bridgehead atoms. The molecule has 1 atom stereocenters. The third-order valence-corrected chi connectivity index (χ3v) is 1.73. The van der Waals surface area contributed by atoms with Gasteiger partial charge in [0.05, 0.1) is 0 Å². The molecule has 1 rings (SSSR count). The third-order valence-electron chi connectivity index (χ3n) is 1.73. The van der Waals surface area contributed by atoms with Crippen molar-refractivity contribution in [2.75, 3.05) is 33.2 Å². The summed E-state index contributed by atoms with van der Waals surface area (Å²) in [5, 5.41) is 10.9. The Morgan fingerprint density at radius 2 is 2.60 bits per heavy atom. The van der Waals surface area contributed by atoms with Gasteiger partial charge in [-0.3, -0.25) is 0 Å². The van der Waals surface area contributed by atoms with Gasteiger partial charge >= 0.3 is 0 Å². The molecule has 2 N–H and O–H groups in total. The first-order valence-electron chi connectivity index (χ1n) is 3.94. The lowest BCUT2D eigenvalue weighted by atomic mass is 10.3. The number of nitrogens with one attached hydrogen (secondary N) is 2. The molecule has 0 aromatic carbocycles. The molecule has 0 spiro atoms. The first-order chi connectivity index (χ1) is 4.93. The molecule has 0 amide bonds. The third kappa shape index (κ3) is 2.64. The maximum Gasteiger partial charge on any atom is 0.0334 e. The maximum absolute atomic E-state index is 4.37. The first kappa shape index (κ1) is 7.98. The van der Waals surface area contributed by atoms with Gasteiger partial charge in [0.2, 0.25) is 0 Å². The Labute approximate surface area is 62.6 Å². The van der Waals surface area contributed by atoms with Gasteiger partial charge in [0.15, 0.2) is 0 Å². The lowest BCUT2D eigenvalue weighted by Crippen LogP contribution is -2.40. The summed E-state index contributed by atoms with van der Waals surface area (Å²) in [4.78, 5) is 0. The summed E-state index contributed by atoms with van der Waals surface area (Å²) in [6, 6.07) is 0.562. The average molecular weight is 142 g/mol. The van der Waals surface area contributed by atoms with E-state index in [0.29, 0.717) is 6.04 Å². The number of likely N-dealkylation sites (N-methyl/N-ethyl adjacent to an activating group) is 1. The van der Waals surface area contributed by atoms with E-state index in [1.165, 1.54) is 6.42 Å². The number of hydrogen-bond donors (Lipinski definition) is 2. The van der Waals surface area contributed by atoms with Crippen molar-refractivity contribution in [1.29, 1.82) is 0 Å².